The van der Waals surface area contributed by atoms with E-state index in [1.165, 1.54) is 29.5 Å². The largest absolute Gasteiger partial charge is 0.390 e. The second-order valence-electron chi connectivity index (χ2n) is 5.46. The lowest BCUT2D eigenvalue weighted by molar-refractivity contribution is -0.0440. The lowest BCUT2D eigenvalue weighted by Gasteiger charge is -2.23. The van der Waals surface area contributed by atoms with E-state index in [1.807, 2.05) is 6.92 Å². The molecule has 2 nitrogen and oxygen atoms in total. The number of aliphatic hydroxyl groups excluding tert-OH is 1. The van der Waals surface area contributed by atoms with E-state index in [-0.39, 0.29) is 12.2 Å². The van der Waals surface area contributed by atoms with Gasteiger partial charge in [0, 0.05) is 13.0 Å². The highest BCUT2D eigenvalue weighted by Gasteiger charge is 2.36. The molecule has 0 bridgehead atoms. The number of ether oxygens (including phenoxy) is 1. The summed E-state index contributed by atoms with van der Waals surface area (Å²) in [5.41, 5.74) is 3.75. The highest BCUT2D eigenvalue weighted by Crippen LogP contribution is 2.36. The molecule has 1 N–H and O–H groups in total. The van der Waals surface area contributed by atoms with Crippen molar-refractivity contribution in [3.63, 3.8) is 0 Å². The lowest BCUT2D eigenvalue weighted by Crippen LogP contribution is -2.33. The van der Waals surface area contributed by atoms with Gasteiger partial charge < -0.3 is 9.84 Å². The second-order valence-corrected chi connectivity index (χ2v) is 5.46. The maximum Gasteiger partial charge on any atom is 0.0865 e. The normalized spacial score (nSPS) is 18.7. The fourth-order valence-corrected chi connectivity index (χ4v) is 2.54. The van der Waals surface area contributed by atoms with Gasteiger partial charge in [-0.1, -0.05) is 23.8 Å². The van der Waals surface area contributed by atoms with E-state index in [1.54, 1.807) is 0 Å². The first kappa shape index (κ1) is 13.6. The van der Waals surface area contributed by atoms with Gasteiger partial charge in [-0.3, -0.25) is 0 Å². The topological polar surface area (TPSA) is 29.5 Å². The lowest BCUT2D eigenvalue weighted by atomic mass is 9.96. The summed E-state index contributed by atoms with van der Waals surface area (Å²) in [4.78, 5) is 0. The molecule has 2 heteroatoms. The van der Waals surface area contributed by atoms with Crippen LogP contribution in [0.4, 0.5) is 0 Å². The van der Waals surface area contributed by atoms with Crippen LogP contribution in [-0.4, -0.2) is 23.9 Å². The van der Waals surface area contributed by atoms with Gasteiger partial charge in [-0.05, 0) is 50.7 Å². The fourth-order valence-electron chi connectivity index (χ4n) is 2.54. The molecule has 0 aliphatic heterocycles. The van der Waals surface area contributed by atoms with Gasteiger partial charge in [0.15, 0.2) is 0 Å². The van der Waals surface area contributed by atoms with E-state index in [4.69, 9.17) is 4.74 Å². The minimum absolute atomic E-state index is 0.0231. The summed E-state index contributed by atoms with van der Waals surface area (Å²) in [5, 5.41) is 10.4. The molecule has 1 aliphatic rings. The van der Waals surface area contributed by atoms with E-state index >= 15 is 0 Å². The molecule has 0 saturated heterocycles. The summed E-state index contributed by atoms with van der Waals surface area (Å²) in [5.74, 6) is 0.574. The summed E-state index contributed by atoms with van der Waals surface area (Å²) in [6.07, 6.45) is 2.76. The summed E-state index contributed by atoms with van der Waals surface area (Å²) in [6, 6.07) is 6.42. The Balaban J connectivity index is 2.04. The quantitative estimate of drug-likeness (QED) is 0.838. The minimum atomic E-state index is -0.377. The van der Waals surface area contributed by atoms with Crippen molar-refractivity contribution in [3.05, 3.63) is 34.9 Å². The first-order valence-electron chi connectivity index (χ1n) is 6.97. The van der Waals surface area contributed by atoms with Crippen LogP contribution >= 0.6 is 0 Å². The summed E-state index contributed by atoms with van der Waals surface area (Å²) in [7, 11) is 0. The van der Waals surface area contributed by atoms with Crippen molar-refractivity contribution in [1.29, 1.82) is 0 Å². The number of rotatable bonds is 6. The molecule has 2 unspecified atom stereocenters. The van der Waals surface area contributed by atoms with Crippen LogP contribution in [0, 0.1) is 19.8 Å². The van der Waals surface area contributed by atoms with Crippen LogP contribution in [0.25, 0.3) is 0 Å². The van der Waals surface area contributed by atoms with Crippen molar-refractivity contribution in [1.82, 2.24) is 0 Å². The first-order valence-corrected chi connectivity index (χ1v) is 6.97. The predicted octanol–water partition coefficient (Wildman–Crippen LogP) is 3.02. The van der Waals surface area contributed by atoms with Crippen molar-refractivity contribution >= 4 is 0 Å². The zero-order valence-electron chi connectivity index (χ0n) is 11.6. The van der Waals surface area contributed by atoms with E-state index in [9.17, 15) is 5.11 Å². The van der Waals surface area contributed by atoms with Gasteiger partial charge in [-0.15, -0.1) is 0 Å². The van der Waals surface area contributed by atoms with Gasteiger partial charge >= 0.3 is 0 Å². The standard InChI is InChI=1S/C16H24O2/c1-4-18-16(13-7-8-13)15(17)10-14-9-11(2)5-6-12(14)3/h5-6,9,13,15-17H,4,7-8,10H2,1-3H3. The molecule has 2 rings (SSSR count). The monoisotopic (exact) mass is 248 g/mol. The van der Waals surface area contributed by atoms with E-state index in [2.05, 4.69) is 32.0 Å². The van der Waals surface area contributed by atoms with Gasteiger partial charge in [0.1, 0.15) is 0 Å². The van der Waals surface area contributed by atoms with Gasteiger partial charge in [0.05, 0.1) is 12.2 Å². The average molecular weight is 248 g/mol. The molecule has 0 aromatic heterocycles. The Bertz CT molecular complexity index is 396. The van der Waals surface area contributed by atoms with Gasteiger partial charge in [-0.25, -0.2) is 0 Å². The molecule has 1 aromatic carbocycles. The number of aliphatic hydroxyl groups is 1. The van der Waals surface area contributed by atoms with E-state index in [0.29, 0.717) is 18.9 Å². The Morgan fingerprint density at radius 2 is 2.06 bits per heavy atom. The first-order chi connectivity index (χ1) is 8.61. The van der Waals surface area contributed by atoms with Crippen LogP contribution in [0.2, 0.25) is 0 Å². The highest BCUT2D eigenvalue weighted by molar-refractivity contribution is 5.31. The third kappa shape index (κ3) is 3.33. The molecule has 1 fully saturated rings. The summed E-state index contributed by atoms with van der Waals surface area (Å²) < 4.78 is 5.72. The number of benzene rings is 1. The van der Waals surface area contributed by atoms with Gasteiger partial charge in [0.2, 0.25) is 0 Å². The maximum atomic E-state index is 10.4. The second kappa shape index (κ2) is 5.85. The zero-order valence-corrected chi connectivity index (χ0v) is 11.6. The smallest absolute Gasteiger partial charge is 0.0865 e. The van der Waals surface area contributed by atoms with Gasteiger partial charge in [0.25, 0.3) is 0 Å². The Morgan fingerprint density at radius 1 is 1.33 bits per heavy atom. The number of hydrogen-bond donors (Lipinski definition) is 1. The third-order valence-corrected chi connectivity index (χ3v) is 3.76. The molecule has 0 spiro atoms. The van der Waals surface area contributed by atoms with E-state index in [0.717, 1.165) is 0 Å². The highest BCUT2D eigenvalue weighted by atomic mass is 16.5. The molecule has 0 amide bonds. The summed E-state index contributed by atoms with van der Waals surface area (Å²) in [6.45, 7) is 6.88. The van der Waals surface area contributed by atoms with Crippen LogP contribution in [-0.2, 0) is 11.2 Å². The van der Waals surface area contributed by atoms with Crippen LogP contribution in [0.1, 0.15) is 36.5 Å². The molecule has 1 saturated carbocycles. The fraction of sp³-hybridized carbons (Fsp3) is 0.625. The Labute approximate surface area is 110 Å². The maximum absolute atomic E-state index is 10.4. The SMILES string of the molecule is CCOC(C(O)Cc1cc(C)ccc1C)C1CC1. The predicted molar refractivity (Wildman–Crippen MR) is 73.8 cm³/mol. The molecule has 100 valence electrons. The van der Waals surface area contributed by atoms with E-state index < -0.39 is 0 Å². The van der Waals surface area contributed by atoms with Crippen molar-refractivity contribution in [3.8, 4) is 0 Å². The van der Waals surface area contributed by atoms with Crippen molar-refractivity contribution < 1.29 is 9.84 Å². The molecule has 18 heavy (non-hydrogen) atoms. The minimum Gasteiger partial charge on any atom is -0.390 e. The molecule has 2 atom stereocenters. The molecule has 0 radical (unpaired) electrons. The average Bonchev–Trinajstić information content (AvgIpc) is 3.14. The molecular formula is C16H24O2. The number of aryl methyl sites for hydroxylation is 2. The Kier molecular flexibility index (Phi) is 4.41. The zero-order chi connectivity index (χ0) is 13.1. The number of hydrogen-bond acceptors (Lipinski definition) is 2. The van der Waals surface area contributed by atoms with Crippen molar-refractivity contribution in [2.45, 2.75) is 52.2 Å². The van der Waals surface area contributed by atoms with Crippen LogP contribution < -0.4 is 0 Å². The van der Waals surface area contributed by atoms with Crippen molar-refractivity contribution in [2.75, 3.05) is 6.61 Å². The van der Waals surface area contributed by atoms with Gasteiger partial charge in [-0.2, -0.15) is 0 Å². The molecule has 0 heterocycles. The molecule has 1 aliphatic carbocycles. The van der Waals surface area contributed by atoms with Crippen molar-refractivity contribution in [2.24, 2.45) is 5.92 Å². The van der Waals surface area contributed by atoms with Crippen LogP contribution in [0.5, 0.6) is 0 Å². The Hall–Kier alpha value is -0.860. The molecular weight excluding hydrogens is 224 g/mol. The Morgan fingerprint density at radius 3 is 2.67 bits per heavy atom. The van der Waals surface area contributed by atoms with Crippen LogP contribution in [0.15, 0.2) is 18.2 Å². The third-order valence-electron chi connectivity index (χ3n) is 3.76. The van der Waals surface area contributed by atoms with Crippen LogP contribution in [0.3, 0.4) is 0 Å². The molecule has 1 aromatic rings. The summed E-state index contributed by atoms with van der Waals surface area (Å²) >= 11 is 0.